The van der Waals surface area contributed by atoms with Crippen molar-refractivity contribution in [2.45, 2.75) is 6.92 Å². The zero-order chi connectivity index (χ0) is 56.0. The Balaban J connectivity index is 0.842. The van der Waals surface area contributed by atoms with E-state index in [9.17, 15) is 0 Å². The van der Waals surface area contributed by atoms with Gasteiger partial charge in [-0.3, -0.25) is 0 Å². The fourth-order valence-electron chi connectivity index (χ4n) is 13.4. The first-order valence-electron chi connectivity index (χ1n) is 28.5. The van der Waals surface area contributed by atoms with Crippen LogP contribution in [0.1, 0.15) is 12.7 Å². The monoisotopic (exact) mass is 1140 g/mol. The van der Waals surface area contributed by atoms with E-state index in [1.165, 1.54) is 109 Å². The summed E-state index contributed by atoms with van der Waals surface area (Å²) < 4.78 is 14.9. The molecule has 0 N–H and O–H groups in total. The minimum atomic E-state index is 0.581. The molecule has 0 bridgehead atoms. The van der Waals surface area contributed by atoms with Gasteiger partial charge in [0.15, 0.2) is 17.5 Å². The van der Waals surface area contributed by atoms with Gasteiger partial charge in [-0.2, -0.15) is 0 Å². The van der Waals surface area contributed by atoms with Gasteiger partial charge in [-0.15, -0.1) is 34.0 Å². The first kappa shape index (κ1) is 48.3. The predicted molar refractivity (Wildman–Crippen MR) is 366 cm³/mol. The maximum Gasteiger partial charge on any atom is 0.164 e. The summed E-state index contributed by atoms with van der Waals surface area (Å²) in [4.78, 5) is 16.3. The second-order valence-corrected chi connectivity index (χ2v) is 25.1. The van der Waals surface area contributed by atoms with Crippen LogP contribution in [-0.2, 0) is 0 Å². The second kappa shape index (κ2) is 18.6. The first-order valence-corrected chi connectivity index (χ1v) is 31.0. The fourth-order valence-corrected chi connectivity index (χ4v) is 17.1. The van der Waals surface area contributed by atoms with Gasteiger partial charge in [0, 0.05) is 107 Å². The van der Waals surface area contributed by atoms with Gasteiger partial charge < -0.3 is 13.7 Å². The van der Waals surface area contributed by atoms with Crippen LogP contribution in [0.5, 0.6) is 0 Å². The number of hydrogen-bond acceptors (Lipinski definition) is 6. The SMILES string of the molecule is C=C/C(=C\C=C(/C)c1nc(-c2cccc(-n3c4ccccc4c4ccc5c6ccccc6sc5c43)c2)nc(-c2cccc(-n3c4ccccc4c4ccc5c6ccccc6sc5c43)c2)n1)n1c2ccccc2c2ccc3c4ccccc4sc3c21. The number of fused-ring (bicyclic) bond motifs is 21. The highest BCUT2D eigenvalue weighted by atomic mass is 32.1. The molecule has 0 aliphatic rings. The molecular weight excluding hydrogens is 1090 g/mol. The van der Waals surface area contributed by atoms with E-state index in [0.717, 1.165) is 50.3 Å². The maximum absolute atomic E-state index is 5.48. The van der Waals surface area contributed by atoms with E-state index in [-0.39, 0.29) is 0 Å². The summed E-state index contributed by atoms with van der Waals surface area (Å²) in [6, 6.07) is 83.6. The van der Waals surface area contributed by atoms with Gasteiger partial charge in [0.25, 0.3) is 0 Å². The zero-order valence-electron chi connectivity index (χ0n) is 45.8. The molecule has 18 rings (SSSR count). The first-order chi connectivity index (χ1) is 42.0. The Morgan fingerprint density at radius 1 is 0.365 bits per heavy atom. The molecule has 0 aliphatic heterocycles. The number of allylic oxidation sites excluding steroid dienone is 5. The fraction of sp³-hybridized carbons (Fsp3) is 0.0132. The summed E-state index contributed by atoms with van der Waals surface area (Å²) >= 11 is 5.56. The largest absolute Gasteiger partial charge is 0.308 e. The van der Waals surface area contributed by atoms with Crippen LogP contribution < -0.4 is 0 Å². The molecule has 0 saturated heterocycles. The number of rotatable bonds is 8. The third kappa shape index (κ3) is 7.18. The summed E-state index contributed by atoms with van der Waals surface area (Å²) in [5.41, 5.74) is 12.6. The van der Waals surface area contributed by atoms with Gasteiger partial charge in [-0.25, -0.2) is 15.0 Å². The predicted octanol–water partition coefficient (Wildman–Crippen LogP) is 21.7. The van der Waals surface area contributed by atoms with E-state index < -0.39 is 0 Å². The lowest BCUT2D eigenvalue weighted by molar-refractivity contribution is 1.03. The number of hydrogen-bond donors (Lipinski definition) is 0. The van der Waals surface area contributed by atoms with E-state index in [2.05, 4.69) is 270 Å². The minimum absolute atomic E-state index is 0.581. The summed E-state index contributed by atoms with van der Waals surface area (Å²) in [7, 11) is 0. The van der Waals surface area contributed by atoms with E-state index >= 15 is 0 Å². The minimum Gasteiger partial charge on any atom is -0.308 e. The lowest BCUT2D eigenvalue weighted by atomic mass is 10.1. The molecule has 0 fully saturated rings. The topological polar surface area (TPSA) is 53.5 Å². The average molecular weight is 1140 g/mol. The van der Waals surface area contributed by atoms with Crippen LogP contribution >= 0.6 is 34.0 Å². The molecule has 18 aromatic rings. The molecule has 6 nitrogen and oxygen atoms in total. The summed E-state index contributed by atoms with van der Waals surface area (Å²) in [5, 5.41) is 14.9. The van der Waals surface area contributed by atoms with Crippen LogP contribution in [0.15, 0.2) is 255 Å². The van der Waals surface area contributed by atoms with Gasteiger partial charge in [0.05, 0.1) is 47.2 Å². The molecule has 7 heterocycles. The molecular formula is C76H46N6S3. The molecule has 0 spiro atoms. The summed E-state index contributed by atoms with van der Waals surface area (Å²) in [6.45, 7) is 6.55. The maximum atomic E-state index is 5.48. The van der Waals surface area contributed by atoms with Crippen molar-refractivity contribution in [3.05, 3.63) is 261 Å². The summed E-state index contributed by atoms with van der Waals surface area (Å²) in [6.07, 6.45) is 6.27. The Bertz CT molecular complexity index is 5720. The lowest BCUT2D eigenvalue weighted by Gasteiger charge is -2.13. The third-order valence-corrected chi connectivity index (χ3v) is 20.8. The molecule has 9 heteroatoms. The van der Waals surface area contributed by atoms with Crippen LogP contribution in [0, 0.1) is 0 Å². The highest BCUT2D eigenvalue weighted by molar-refractivity contribution is 7.27. The van der Waals surface area contributed by atoms with E-state index in [0.29, 0.717) is 17.5 Å². The van der Waals surface area contributed by atoms with Crippen LogP contribution in [0.3, 0.4) is 0 Å². The average Bonchev–Trinajstić information content (AvgIpc) is 1.77. The molecule has 7 aromatic heterocycles. The third-order valence-electron chi connectivity index (χ3n) is 17.2. The molecule has 0 radical (unpaired) electrons. The van der Waals surface area contributed by atoms with Crippen molar-refractivity contribution in [2.75, 3.05) is 0 Å². The Hall–Kier alpha value is -10.3. The van der Waals surface area contributed by atoms with Crippen LogP contribution in [0.25, 0.3) is 171 Å². The number of nitrogens with zero attached hydrogens (tertiary/aromatic N) is 6. The molecule has 0 saturated carbocycles. The normalized spacial score (nSPS) is 12.7. The smallest absolute Gasteiger partial charge is 0.164 e. The number of aromatic nitrogens is 6. The van der Waals surface area contributed by atoms with Crippen molar-refractivity contribution in [3.8, 4) is 34.2 Å². The number of benzene rings is 11. The summed E-state index contributed by atoms with van der Waals surface area (Å²) in [5.74, 6) is 1.75. The highest BCUT2D eigenvalue weighted by Gasteiger charge is 2.23. The van der Waals surface area contributed by atoms with E-state index in [4.69, 9.17) is 15.0 Å². The van der Waals surface area contributed by atoms with Gasteiger partial charge in [-0.1, -0.05) is 183 Å². The standard InChI is InChI=1S/C76H46N6S3/c1-3-47(80-62-28-10-4-22-50(62)56-36-39-59-53-25-7-13-31-65(53)83-71(59)68(56)80)35-34-44(2)74-77-75(45-18-16-20-48(42-45)81-63-29-11-5-23-51(63)57-37-40-60-54-26-8-14-32-66(54)84-72(60)69(57)81)79-76(78-74)46-19-17-21-49(43-46)82-64-30-12-6-24-52(64)58-38-41-61-55-27-9-15-33-67(55)85-73(61)70(58)82/h3-43H,1H2,2H3/b44-34+,47-35+. The molecule has 398 valence electrons. The Labute approximate surface area is 498 Å². The lowest BCUT2D eigenvalue weighted by Crippen LogP contribution is -2.03. The van der Waals surface area contributed by atoms with Crippen molar-refractivity contribution < 1.29 is 0 Å². The Morgan fingerprint density at radius 2 is 0.753 bits per heavy atom. The molecule has 0 amide bonds. The van der Waals surface area contributed by atoms with Crippen molar-refractivity contribution in [3.63, 3.8) is 0 Å². The van der Waals surface area contributed by atoms with Gasteiger partial charge in [-0.05, 0) is 85.3 Å². The van der Waals surface area contributed by atoms with Crippen molar-refractivity contribution in [1.29, 1.82) is 0 Å². The Morgan fingerprint density at radius 3 is 1.22 bits per heavy atom. The van der Waals surface area contributed by atoms with Crippen molar-refractivity contribution in [1.82, 2.24) is 28.7 Å². The molecule has 11 aromatic carbocycles. The molecule has 0 atom stereocenters. The number of para-hydroxylation sites is 3. The van der Waals surface area contributed by atoms with Crippen LogP contribution in [0.4, 0.5) is 0 Å². The van der Waals surface area contributed by atoms with E-state index in [1.54, 1.807) is 0 Å². The quantitative estimate of drug-likeness (QED) is 0.143. The zero-order valence-corrected chi connectivity index (χ0v) is 48.2. The van der Waals surface area contributed by atoms with Gasteiger partial charge >= 0.3 is 0 Å². The van der Waals surface area contributed by atoms with Gasteiger partial charge in [0.2, 0.25) is 0 Å². The molecule has 85 heavy (non-hydrogen) atoms. The Kier molecular flexibility index (Phi) is 10.6. The highest BCUT2D eigenvalue weighted by Crippen LogP contribution is 2.47. The number of thiophene rings is 3. The van der Waals surface area contributed by atoms with Crippen LogP contribution in [-0.4, -0.2) is 28.7 Å². The molecule has 0 unspecified atom stereocenters. The van der Waals surface area contributed by atoms with Crippen molar-refractivity contribution >= 4 is 171 Å². The molecule has 0 aliphatic carbocycles. The van der Waals surface area contributed by atoms with E-state index in [1.807, 2.05) is 40.1 Å². The second-order valence-electron chi connectivity index (χ2n) is 21.9. The van der Waals surface area contributed by atoms with Crippen molar-refractivity contribution in [2.24, 2.45) is 0 Å². The van der Waals surface area contributed by atoms with Gasteiger partial charge in [0.1, 0.15) is 0 Å². The van der Waals surface area contributed by atoms with Crippen LogP contribution in [0.2, 0.25) is 0 Å².